The average Bonchev–Trinajstić information content (AvgIpc) is 1.61. The van der Waals surface area contributed by atoms with E-state index in [0.717, 1.165) is 6.61 Å². The minimum atomic E-state index is -0.975. The van der Waals surface area contributed by atoms with Gasteiger partial charge in [0.1, 0.15) is 0 Å². The Kier molecular flexibility index (Phi) is 7.60. The molecule has 0 unspecified atom stereocenters. The molecule has 0 aliphatic carbocycles. The van der Waals surface area contributed by atoms with E-state index >= 15 is 0 Å². The first-order valence-corrected chi connectivity index (χ1v) is 4.43. The van der Waals surface area contributed by atoms with E-state index in [9.17, 15) is 0 Å². The van der Waals surface area contributed by atoms with Crippen LogP contribution in [0.25, 0.3) is 0 Å². The van der Waals surface area contributed by atoms with Gasteiger partial charge in [-0.1, -0.05) is 0 Å². The second kappa shape index (κ2) is 6.27. The van der Waals surface area contributed by atoms with Gasteiger partial charge in [-0.15, -0.1) is 0 Å². The van der Waals surface area contributed by atoms with Crippen LogP contribution in [0.4, 0.5) is 0 Å². The van der Waals surface area contributed by atoms with Gasteiger partial charge in [-0.2, -0.15) is 0 Å². The molecule has 0 amide bonds. The van der Waals surface area contributed by atoms with E-state index in [4.69, 9.17) is 2.13 Å². The zero-order valence-electron chi connectivity index (χ0n) is 4.02. The molecule has 0 aliphatic rings. The average molecular weight is 220 g/mol. The first-order valence-electron chi connectivity index (χ1n) is 1.81. The predicted octanol–water partition coefficient (Wildman–Crippen LogP) is 0.584. The van der Waals surface area contributed by atoms with Crippen molar-refractivity contribution in [2.45, 2.75) is 6.92 Å². The van der Waals surface area contributed by atoms with Gasteiger partial charge in [-0.05, 0) is 0 Å². The molecule has 6 heavy (non-hydrogen) atoms. The van der Waals surface area contributed by atoms with Crippen molar-refractivity contribution in [3.8, 4) is 0 Å². The van der Waals surface area contributed by atoms with Crippen molar-refractivity contribution < 1.29 is 40.0 Å². The third kappa shape index (κ3) is 5.27. The molecule has 0 spiro atoms. The van der Waals surface area contributed by atoms with Gasteiger partial charge in [0.2, 0.25) is 0 Å². The van der Waals surface area contributed by atoms with Crippen LogP contribution in [0.5, 0.6) is 0 Å². The Bertz CT molecular complexity index is 20.8. The van der Waals surface area contributed by atoms with Crippen molar-refractivity contribution in [2.24, 2.45) is 0 Å². The molecule has 0 bridgehead atoms. The maximum atomic E-state index is 4.95. The van der Waals surface area contributed by atoms with Crippen LogP contribution in [0.3, 0.4) is 0 Å². The Balaban J connectivity index is 2.34. The van der Waals surface area contributed by atoms with E-state index in [0.29, 0.717) is 0 Å². The van der Waals surface area contributed by atoms with Crippen LogP contribution in [0, 0.1) is 37.9 Å². The van der Waals surface area contributed by atoms with Gasteiger partial charge in [0.15, 0.2) is 0 Å². The SMILES string of the molecule is CC[O][Nd][O]C. The van der Waals surface area contributed by atoms with E-state index in [-0.39, 0.29) is 0 Å². The Morgan fingerprint density at radius 2 is 2.33 bits per heavy atom. The molecule has 0 aromatic carbocycles. The van der Waals surface area contributed by atoms with Gasteiger partial charge < -0.3 is 0 Å². The van der Waals surface area contributed by atoms with E-state index in [1.807, 2.05) is 6.92 Å². The van der Waals surface area contributed by atoms with E-state index < -0.39 is 37.9 Å². The van der Waals surface area contributed by atoms with E-state index in [2.05, 4.69) is 0 Å². The Morgan fingerprint density at radius 1 is 1.67 bits per heavy atom. The fourth-order valence-corrected chi connectivity index (χ4v) is 0.874. The second-order valence-corrected chi connectivity index (χ2v) is 3.49. The summed E-state index contributed by atoms with van der Waals surface area (Å²) < 4.78 is 9.71. The van der Waals surface area contributed by atoms with Gasteiger partial charge >= 0.3 is 60.7 Å². The summed E-state index contributed by atoms with van der Waals surface area (Å²) in [6, 6.07) is 0. The molecule has 0 rings (SSSR count). The van der Waals surface area contributed by atoms with Crippen molar-refractivity contribution in [3.63, 3.8) is 0 Å². The van der Waals surface area contributed by atoms with Crippen LogP contribution in [0.1, 0.15) is 6.92 Å². The third-order valence-corrected chi connectivity index (χ3v) is 2.13. The van der Waals surface area contributed by atoms with Gasteiger partial charge in [-0.25, -0.2) is 0 Å². The van der Waals surface area contributed by atoms with Gasteiger partial charge in [0, 0.05) is 0 Å². The summed E-state index contributed by atoms with van der Waals surface area (Å²) in [4.78, 5) is 0. The summed E-state index contributed by atoms with van der Waals surface area (Å²) in [5.41, 5.74) is 0. The summed E-state index contributed by atoms with van der Waals surface area (Å²) in [6.07, 6.45) is 0. The van der Waals surface area contributed by atoms with E-state index in [1.54, 1.807) is 7.11 Å². The summed E-state index contributed by atoms with van der Waals surface area (Å²) in [6.45, 7) is 2.79. The minimum absolute atomic E-state index is 0.816. The van der Waals surface area contributed by atoms with E-state index in [1.165, 1.54) is 0 Å². The number of hydrogen-bond donors (Lipinski definition) is 0. The van der Waals surface area contributed by atoms with Gasteiger partial charge in [0.05, 0.1) is 0 Å². The normalized spacial score (nSPS) is 8.33. The van der Waals surface area contributed by atoms with Crippen LogP contribution in [-0.2, 0) is 2.13 Å². The number of hydrogen-bond acceptors (Lipinski definition) is 2. The molecule has 0 radical (unpaired) electrons. The van der Waals surface area contributed by atoms with Crippen molar-refractivity contribution >= 4 is 0 Å². The molecule has 2 nitrogen and oxygen atoms in total. The van der Waals surface area contributed by atoms with Crippen molar-refractivity contribution in [1.82, 2.24) is 0 Å². The Hall–Kier alpha value is 1.27. The van der Waals surface area contributed by atoms with Crippen molar-refractivity contribution in [2.75, 3.05) is 13.7 Å². The molecule has 3 heteroatoms. The van der Waals surface area contributed by atoms with Crippen LogP contribution in [-0.4, -0.2) is 13.7 Å². The Labute approximate surface area is 60.1 Å². The molecule has 0 atom stereocenters. The standard InChI is InChI=1S/C2H5O.CH3O.Nd/c1-2-3;1-2;/h2H2,1H3;1H3;/q2*-1;+2. The summed E-state index contributed by atoms with van der Waals surface area (Å²) in [5.74, 6) is 0. The fraction of sp³-hybridized carbons (Fsp3) is 1.00. The van der Waals surface area contributed by atoms with Crippen LogP contribution in [0.2, 0.25) is 0 Å². The molecule has 0 aromatic rings. The van der Waals surface area contributed by atoms with Crippen LogP contribution < -0.4 is 0 Å². The molecule has 0 aliphatic heterocycles. The predicted molar refractivity (Wildman–Crippen MR) is 18.6 cm³/mol. The topological polar surface area (TPSA) is 18.5 Å². The molecular formula is C3H8NdO2. The summed E-state index contributed by atoms with van der Waals surface area (Å²) in [5, 5.41) is 0. The second-order valence-electron chi connectivity index (χ2n) is 0.720. The molecule has 0 saturated carbocycles. The summed E-state index contributed by atoms with van der Waals surface area (Å²) in [7, 11) is 1.69. The Morgan fingerprint density at radius 3 is 2.50 bits per heavy atom. The molecule has 0 fully saturated rings. The molecular weight excluding hydrogens is 212 g/mol. The fourth-order valence-electron chi connectivity index (χ4n) is 0.118. The molecule has 36 valence electrons. The maximum absolute atomic E-state index is 4.95. The van der Waals surface area contributed by atoms with Crippen LogP contribution >= 0.6 is 0 Å². The zero-order valence-corrected chi connectivity index (χ0v) is 7.23. The molecule has 0 heterocycles. The first-order chi connectivity index (χ1) is 2.91. The number of rotatable bonds is 3. The van der Waals surface area contributed by atoms with Crippen molar-refractivity contribution in [3.05, 3.63) is 0 Å². The molecule has 0 aromatic heterocycles. The third-order valence-electron chi connectivity index (χ3n) is 0.287. The summed E-state index contributed by atoms with van der Waals surface area (Å²) >= 11 is -0.975. The molecule has 0 N–H and O–H groups in total. The quantitative estimate of drug-likeness (QED) is 0.648. The monoisotopic (exact) mass is 218 g/mol. The zero-order chi connectivity index (χ0) is 4.83. The van der Waals surface area contributed by atoms with Crippen molar-refractivity contribution in [1.29, 1.82) is 0 Å². The first kappa shape index (κ1) is 7.27. The van der Waals surface area contributed by atoms with Crippen LogP contribution in [0.15, 0.2) is 0 Å². The van der Waals surface area contributed by atoms with Gasteiger partial charge in [-0.3, -0.25) is 0 Å². The van der Waals surface area contributed by atoms with Gasteiger partial charge in [0.25, 0.3) is 0 Å². The molecule has 0 saturated heterocycles.